The number of hydrogen-bond acceptors (Lipinski definition) is 7. The van der Waals surface area contributed by atoms with Crippen LogP contribution in [-0.4, -0.2) is 44.4 Å². The van der Waals surface area contributed by atoms with E-state index in [1.165, 1.54) is 36.2 Å². The van der Waals surface area contributed by atoms with Crippen LogP contribution in [0.25, 0.3) is 11.0 Å². The van der Waals surface area contributed by atoms with Crippen LogP contribution in [0.3, 0.4) is 0 Å². The van der Waals surface area contributed by atoms with E-state index in [4.69, 9.17) is 14.5 Å². The summed E-state index contributed by atoms with van der Waals surface area (Å²) in [4.78, 5) is 34.5. The van der Waals surface area contributed by atoms with Crippen LogP contribution in [0.4, 0.5) is 0 Å². The van der Waals surface area contributed by atoms with Crippen LogP contribution >= 0.6 is 11.8 Å². The molecule has 0 radical (unpaired) electrons. The van der Waals surface area contributed by atoms with Crippen molar-refractivity contribution in [3.63, 3.8) is 0 Å². The van der Waals surface area contributed by atoms with E-state index in [1.807, 2.05) is 0 Å². The molecule has 0 unspecified atom stereocenters. The molecule has 4 rings (SSSR count). The Morgan fingerprint density at radius 1 is 1.07 bits per heavy atom. The highest BCUT2D eigenvalue weighted by atomic mass is 32.2. The molecular weight excluding hydrogens is 368 g/mol. The fourth-order valence-electron chi connectivity index (χ4n) is 3.74. The molecule has 146 valence electrons. The number of fused-ring (bicyclic) bond motifs is 1. The molecule has 0 bridgehead atoms. The number of thioether (sulfide) groups is 1. The van der Waals surface area contributed by atoms with Crippen molar-refractivity contribution in [2.75, 3.05) is 19.0 Å². The maximum atomic E-state index is 12.8. The van der Waals surface area contributed by atoms with Crippen molar-refractivity contribution in [1.82, 2.24) is 19.1 Å². The lowest BCUT2D eigenvalue weighted by Gasteiger charge is -2.15. The summed E-state index contributed by atoms with van der Waals surface area (Å²) in [5.41, 5.74) is -0.287. The molecule has 3 heterocycles. The van der Waals surface area contributed by atoms with Crippen LogP contribution in [-0.2, 0) is 23.6 Å². The fourth-order valence-corrected chi connectivity index (χ4v) is 4.73. The third kappa shape index (κ3) is 3.55. The van der Waals surface area contributed by atoms with Crippen LogP contribution in [0.2, 0.25) is 0 Å². The van der Waals surface area contributed by atoms with Crippen LogP contribution in [0.5, 0.6) is 0 Å². The Morgan fingerprint density at radius 2 is 1.78 bits per heavy atom. The minimum atomic E-state index is -0.368. The Labute approximate surface area is 160 Å². The van der Waals surface area contributed by atoms with Gasteiger partial charge in [0.05, 0.1) is 13.2 Å². The predicted molar refractivity (Wildman–Crippen MR) is 102 cm³/mol. The maximum Gasteiger partial charge on any atom is 0.332 e. The number of hydrogen-bond donors (Lipinski definition) is 0. The molecule has 0 N–H and O–H groups in total. The zero-order chi connectivity index (χ0) is 19.0. The summed E-state index contributed by atoms with van der Waals surface area (Å²) in [6.07, 6.45) is 4.98. The van der Waals surface area contributed by atoms with Crippen LogP contribution in [0.15, 0.2) is 14.6 Å². The van der Waals surface area contributed by atoms with Crippen molar-refractivity contribution >= 4 is 22.8 Å². The van der Waals surface area contributed by atoms with E-state index in [9.17, 15) is 9.59 Å². The third-order valence-corrected chi connectivity index (χ3v) is 6.30. The van der Waals surface area contributed by atoms with Crippen molar-refractivity contribution in [3.8, 4) is 0 Å². The second kappa shape index (κ2) is 7.73. The molecule has 0 atom stereocenters. The lowest BCUT2D eigenvalue weighted by Crippen LogP contribution is -2.38. The number of nitrogens with zero attached hydrogens (tertiary/aromatic N) is 4. The quantitative estimate of drug-likeness (QED) is 0.563. The summed E-state index contributed by atoms with van der Waals surface area (Å²) < 4.78 is 13.5. The molecular formula is C18H24N4O4S. The lowest BCUT2D eigenvalue weighted by atomic mass is 10.1. The maximum absolute atomic E-state index is 12.8. The number of ether oxygens (including phenoxy) is 2. The van der Waals surface area contributed by atoms with Gasteiger partial charge in [0, 0.05) is 32.2 Å². The number of aromatic nitrogens is 4. The van der Waals surface area contributed by atoms with E-state index in [1.54, 1.807) is 7.05 Å². The Morgan fingerprint density at radius 3 is 2.48 bits per heavy atom. The molecule has 1 aliphatic carbocycles. The fraction of sp³-hybridized carbons (Fsp3) is 0.667. The minimum absolute atomic E-state index is 0.188. The summed E-state index contributed by atoms with van der Waals surface area (Å²) in [6.45, 7) is 1.25. The van der Waals surface area contributed by atoms with E-state index in [2.05, 4.69) is 4.98 Å². The first-order valence-electron chi connectivity index (χ1n) is 9.40. The van der Waals surface area contributed by atoms with Crippen molar-refractivity contribution in [2.24, 2.45) is 14.1 Å². The smallest absolute Gasteiger partial charge is 0.332 e. The zero-order valence-electron chi connectivity index (χ0n) is 15.6. The molecule has 2 fully saturated rings. The molecule has 2 aromatic heterocycles. The van der Waals surface area contributed by atoms with Crippen molar-refractivity contribution in [3.05, 3.63) is 26.7 Å². The van der Waals surface area contributed by atoms with Crippen LogP contribution in [0, 0.1) is 0 Å². The topological polar surface area (TPSA) is 88.2 Å². The molecule has 8 nitrogen and oxygen atoms in total. The summed E-state index contributed by atoms with van der Waals surface area (Å²) >= 11 is 1.51. The minimum Gasteiger partial charge on any atom is -0.350 e. The Hall–Kier alpha value is -1.71. The second-order valence-corrected chi connectivity index (χ2v) is 8.16. The molecule has 2 aromatic rings. The number of aryl methyl sites for hydroxylation is 1. The first-order valence-corrected chi connectivity index (χ1v) is 10.4. The van der Waals surface area contributed by atoms with Crippen molar-refractivity contribution in [2.45, 2.75) is 49.3 Å². The van der Waals surface area contributed by atoms with Gasteiger partial charge in [-0.1, -0.05) is 12.8 Å². The first kappa shape index (κ1) is 18.6. The standard InChI is InChI=1S/C18H24N4O4S/c1-21-15-13(17(23)22(2)18(21)24)16(27-10-7-12-25-8-9-26-12)20-14(19-15)11-5-3-4-6-11/h11-12H,3-10H2,1-2H3. The summed E-state index contributed by atoms with van der Waals surface area (Å²) in [5, 5.41) is 1.07. The second-order valence-electron chi connectivity index (χ2n) is 7.08. The third-order valence-electron chi connectivity index (χ3n) is 5.29. The molecule has 9 heteroatoms. The van der Waals surface area contributed by atoms with Crippen LogP contribution in [0.1, 0.15) is 43.8 Å². The van der Waals surface area contributed by atoms with Gasteiger partial charge in [0.25, 0.3) is 5.56 Å². The van der Waals surface area contributed by atoms with Gasteiger partial charge < -0.3 is 9.47 Å². The Kier molecular flexibility index (Phi) is 5.34. The molecule has 0 amide bonds. The van der Waals surface area contributed by atoms with Gasteiger partial charge in [0.2, 0.25) is 0 Å². The van der Waals surface area contributed by atoms with Gasteiger partial charge >= 0.3 is 5.69 Å². The van der Waals surface area contributed by atoms with E-state index in [0.717, 1.165) is 29.7 Å². The van der Waals surface area contributed by atoms with Gasteiger partial charge in [0.15, 0.2) is 11.9 Å². The van der Waals surface area contributed by atoms with Gasteiger partial charge in [-0.2, -0.15) is 0 Å². The van der Waals surface area contributed by atoms with E-state index in [0.29, 0.717) is 40.9 Å². The monoisotopic (exact) mass is 392 g/mol. The molecule has 0 spiro atoms. The molecule has 2 aliphatic rings. The molecule has 0 aromatic carbocycles. The predicted octanol–water partition coefficient (Wildman–Crippen LogP) is 1.54. The largest absolute Gasteiger partial charge is 0.350 e. The summed E-state index contributed by atoms with van der Waals surface area (Å²) in [7, 11) is 3.15. The molecule has 1 aliphatic heterocycles. The van der Waals surface area contributed by atoms with E-state index < -0.39 is 0 Å². The Balaban J connectivity index is 1.75. The average molecular weight is 392 g/mol. The van der Waals surface area contributed by atoms with Crippen LogP contribution < -0.4 is 11.2 Å². The highest BCUT2D eigenvalue weighted by Crippen LogP contribution is 2.34. The summed E-state index contributed by atoms with van der Waals surface area (Å²) in [5.74, 6) is 1.76. The number of rotatable bonds is 5. The highest BCUT2D eigenvalue weighted by molar-refractivity contribution is 7.99. The highest BCUT2D eigenvalue weighted by Gasteiger charge is 2.24. The normalized spacial score (nSPS) is 18.7. The zero-order valence-corrected chi connectivity index (χ0v) is 16.5. The lowest BCUT2D eigenvalue weighted by molar-refractivity contribution is -0.0421. The van der Waals surface area contributed by atoms with Gasteiger partial charge in [-0.25, -0.2) is 14.8 Å². The SMILES string of the molecule is Cn1c(=O)c2c(SCCC3OCCO3)nc(C3CCCC3)nc2n(C)c1=O. The molecule has 27 heavy (non-hydrogen) atoms. The van der Waals surface area contributed by atoms with Gasteiger partial charge in [-0.15, -0.1) is 11.8 Å². The van der Waals surface area contributed by atoms with E-state index >= 15 is 0 Å². The van der Waals surface area contributed by atoms with Crippen molar-refractivity contribution in [1.29, 1.82) is 0 Å². The van der Waals surface area contributed by atoms with Gasteiger partial charge in [0.1, 0.15) is 16.2 Å². The van der Waals surface area contributed by atoms with Gasteiger partial charge in [-0.3, -0.25) is 13.9 Å². The first-order chi connectivity index (χ1) is 13.1. The van der Waals surface area contributed by atoms with Gasteiger partial charge in [-0.05, 0) is 12.8 Å². The van der Waals surface area contributed by atoms with Crippen molar-refractivity contribution < 1.29 is 9.47 Å². The Bertz CT molecular complexity index is 958. The molecule has 1 saturated heterocycles. The summed E-state index contributed by atoms with van der Waals surface area (Å²) in [6, 6.07) is 0. The van der Waals surface area contributed by atoms with E-state index in [-0.39, 0.29) is 17.5 Å². The average Bonchev–Trinajstić information content (AvgIpc) is 3.38. The molecule has 1 saturated carbocycles.